The van der Waals surface area contributed by atoms with Gasteiger partial charge in [-0.3, -0.25) is 9.79 Å². The van der Waals surface area contributed by atoms with Crippen LogP contribution in [0.2, 0.25) is 0 Å². The van der Waals surface area contributed by atoms with Crippen molar-refractivity contribution in [2.75, 3.05) is 52.4 Å². The van der Waals surface area contributed by atoms with Crippen LogP contribution in [0.4, 0.5) is 0 Å². The summed E-state index contributed by atoms with van der Waals surface area (Å²) in [4.78, 5) is 20.9. The van der Waals surface area contributed by atoms with Gasteiger partial charge in [-0.25, -0.2) is 0 Å². The smallest absolute Gasteiger partial charge is 0.222 e. The van der Waals surface area contributed by atoms with Crippen LogP contribution < -0.4 is 10.6 Å². The first-order chi connectivity index (χ1) is 13.1. The molecule has 1 amide bonds. The zero-order valence-corrected chi connectivity index (χ0v) is 20.5. The Morgan fingerprint density at radius 2 is 1.86 bits per heavy atom. The van der Waals surface area contributed by atoms with E-state index >= 15 is 0 Å². The molecule has 2 heterocycles. The molecule has 28 heavy (non-hydrogen) atoms. The van der Waals surface area contributed by atoms with Crippen molar-refractivity contribution in [2.45, 2.75) is 59.3 Å². The van der Waals surface area contributed by atoms with Crippen LogP contribution in [-0.2, 0) is 4.79 Å². The molecular formula is C21H42IN5O. The highest BCUT2D eigenvalue weighted by Crippen LogP contribution is 2.20. The number of likely N-dealkylation sites (tertiary alicyclic amines) is 2. The number of carbonyl (C=O) groups excluding carboxylic acids is 1. The lowest BCUT2D eigenvalue weighted by molar-refractivity contribution is -0.127. The van der Waals surface area contributed by atoms with Crippen molar-refractivity contribution in [3.8, 4) is 0 Å². The number of hydrogen-bond donors (Lipinski definition) is 2. The Kier molecular flexibility index (Phi) is 13.1. The number of amides is 1. The molecule has 2 aliphatic heterocycles. The van der Waals surface area contributed by atoms with Crippen molar-refractivity contribution >= 4 is 35.8 Å². The maximum absolute atomic E-state index is 11.6. The highest BCUT2D eigenvalue weighted by Gasteiger charge is 2.21. The van der Waals surface area contributed by atoms with Gasteiger partial charge in [-0.05, 0) is 57.4 Å². The fourth-order valence-electron chi connectivity index (χ4n) is 4.38. The van der Waals surface area contributed by atoms with Crippen LogP contribution in [0.15, 0.2) is 4.99 Å². The molecule has 0 aromatic rings. The van der Waals surface area contributed by atoms with E-state index < -0.39 is 0 Å². The quantitative estimate of drug-likeness (QED) is 0.207. The Morgan fingerprint density at radius 1 is 1.11 bits per heavy atom. The van der Waals surface area contributed by atoms with Crippen LogP contribution in [0.25, 0.3) is 0 Å². The third-order valence-electron chi connectivity index (χ3n) is 5.51. The zero-order chi connectivity index (χ0) is 19.5. The Labute approximate surface area is 189 Å². The molecule has 0 aromatic heterocycles. The normalized spacial score (nSPS) is 23.6. The average molecular weight is 508 g/mol. The second kappa shape index (κ2) is 14.4. The summed E-state index contributed by atoms with van der Waals surface area (Å²) in [6.45, 7) is 15.0. The van der Waals surface area contributed by atoms with Gasteiger partial charge in [0.25, 0.3) is 0 Å². The van der Waals surface area contributed by atoms with Crippen molar-refractivity contribution in [1.82, 2.24) is 20.4 Å². The van der Waals surface area contributed by atoms with Crippen LogP contribution in [0.1, 0.15) is 59.3 Å². The number of rotatable bonds is 10. The first kappa shape index (κ1) is 25.5. The summed E-state index contributed by atoms with van der Waals surface area (Å²) in [5.41, 5.74) is 0. The molecule has 0 aromatic carbocycles. The minimum absolute atomic E-state index is 0. The summed E-state index contributed by atoms with van der Waals surface area (Å²) in [5.74, 6) is 2.90. The third-order valence-corrected chi connectivity index (χ3v) is 5.51. The summed E-state index contributed by atoms with van der Waals surface area (Å²) in [6, 6.07) is 0. The van der Waals surface area contributed by atoms with Crippen LogP contribution >= 0.6 is 24.0 Å². The monoisotopic (exact) mass is 507 g/mol. The molecule has 2 rings (SSSR count). The molecule has 0 spiro atoms. The lowest BCUT2D eigenvalue weighted by atomic mass is 9.92. The van der Waals surface area contributed by atoms with E-state index in [4.69, 9.17) is 0 Å². The standard InChI is InChI=1S/C21H41N5O.HI/c1-4-22-21(24-11-8-14-26-13-7-9-20(26)27)23-10-5-6-12-25-16-18(2)15-19(3)17-25;/h18-19H,4-17H2,1-3H3,(H2,22,23,24);1H. The molecule has 164 valence electrons. The van der Waals surface area contributed by atoms with Gasteiger partial charge in [-0.1, -0.05) is 13.8 Å². The minimum atomic E-state index is 0. The molecule has 0 saturated carbocycles. The van der Waals surface area contributed by atoms with E-state index in [2.05, 4.69) is 41.3 Å². The van der Waals surface area contributed by atoms with Crippen molar-refractivity contribution in [3.63, 3.8) is 0 Å². The summed E-state index contributed by atoms with van der Waals surface area (Å²) in [7, 11) is 0. The van der Waals surface area contributed by atoms with E-state index in [1.165, 1.54) is 38.9 Å². The van der Waals surface area contributed by atoms with E-state index in [0.717, 1.165) is 69.8 Å². The SMILES string of the molecule is CCNC(=NCCCN1CCCC1=O)NCCCCN1CC(C)CC(C)C1.I. The van der Waals surface area contributed by atoms with Gasteiger partial charge >= 0.3 is 0 Å². The molecule has 2 atom stereocenters. The van der Waals surface area contributed by atoms with Gasteiger partial charge in [0.2, 0.25) is 5.91 Å². The maximum Gasteiger partial charge on any atom is 0.222 e. The molecule has 0 radical (unpaired) electrons. The lowest BCUT2D eigenvalue weighted by Crippen LogP contribution is -2.40. The second-order valence-corrected chi connectivity index (χ2v) is 8.44. The van der Waals surface area contributed by atoms with Gasteiger partial charge in [0.1, 0.15) is 0 Å². The topological polar surface area (TPSA) is 60.0 Å². The number of nitrogens with one attached hydrogen (secondary N) is 2. The molecular weight excluding hydrogens is 465 g/mol. The van der Waals surface area contributed by atoms with Crippen LogP contribution in [-0.4, -0.2) is 74.0 Å². The average Bonchev–Trinajstić information content (AvgIpc) is 3.02. The molecule has 2 N–H and O–H groups in total. The minimum Gasteiger partial charge on any atom is -0.357 e. The predicted octanol–water partition coefficient (Wildman–Crippen LogP) is 2.93. The summed E-state index contributed by atoms with van der Waals surface area (Å²) in [6.07, 6.45) is 6.47. The summed E-state index contributed by atoms with van der Waals surface area (Å²) in [5, 5.41) is 6.77. The molecule has 0 aliphatic carbocycles. The zero-order valence-electron chi connectivity index (χ0n) is 18.2. The van der Waals surface area contributed by atoms with E-state index in [1.807, 2.05) is 4.90 Å². The summed E-state index contributed by atoms with van der Waals surface area (Å²) < 4.78 is 0. The van der Waals surface area contributed by atoms with E-state index in [9.17, 15) is 4.79 Å². The molecule has 2 aliphatic rings. The number of unbranched alkanes of at least 4 members (excludes halogenated alkanes) is 1. The van der Waals surface area contributed by atoms with Gasteiger partial charge in [-0.15, -0.1) is 24.0 Å². The number of halogens is 1. The van der Waals surface area contributed by atoms with Crippen molar-refractivity contribution < 1.29 is 4.79 Å². The van der Waals surface area contributed by atoms with E-state index in [0.29, 0.717) is 5.91 Å². The summed E-state index contributed by atoms with van der Waals surface area (Å²) >= 11 is 0. The Bertz CT molecular complexity index is 464. The first-order valence-electron chi connectivity index (χ1n) is 11.1. The molecule has 6 nitrogen and oxygen atoms in total. The van der Waals surface area contributed by atoms with Crippen LogP contribution in [0.5, 0.6) is 0 Å². The number of guanidine groups is 1. The molecule has 2 unspecified atom stereocenters. The van der Waals surface area contributed by atoms with Crippen molar-refractivity contribution in [2.24, 2.45) is 16.8 Å². The molecule has 7 heteroatoms. The lowest BCUT2D eigenvalue weighted by Gasteiger charge is -2.34. The van der Waals surface area contributed by atoms with Crippen LogP contribution in [0.3, 0.4) is 0 Å². The van der Waals surface area contributed by atoms with Crippen molar-refractivity contribution in [3.05, 3.63) is 0 Å². The number of hydrogen-bond acceptors (Lipinski definition) is 3. The van der Waals surface area contributed by atoms with Crippen LogP contribution in [0, 0.1) is 11.8 Å². The largest absolute Gasteiger partial charge is 0.357 e. The Hall–Kier alpha value is -0.570. The fourth-order valence-corrected chi connectivity index (χ4v) is 4.38. The second-order valence-electron chi connectivity index (χ2n) is 8.44. The predicted molar refractivity (Wildman–Crippen MR) is 128 cm³/mol. The first-order valence-corrected chi connectivity index (χ1v) is 11.1. The van der Waals surface area contributed by atoms with Gasteiger partial charge < -0.3 is 20.4 Å². The van der Waals surface area contributed by atoms with Gasteiger partial charge in [0.05, 0.1) is 0 Å². The Balaban J connectivity index is 0.00000392. The number of nitrogens with zero attached hydrogens (tertiary/aromatic N) is 3. The van der Waals surface area contributed by atoms with Crippen molar-refractivity contribution in [1.29, 1.82) is 0 Å². The third kappa shape index (κ3) is 9.76. The van der Waals surface area contributed by atoms with Gasteiger partial charge in [-0.2, -0.15) is 0 Å². The number of carbonyl (C=O) groups is 1. The van der Waals surface area contributed by atoms with E-state index in [1.54, 1.807) is 0 Å². The Morgan fingerprint density at radius 3 is 2.50 bits per heavy atom. The number of piperidine rings is 1. The fraction of sp³-hybridized carbons (Fsp3) is 0.905. The van der Waals surface area contributed by atoms with Gasteiger partial charge in [0, 0.05) is 52.2 Å². The maximum atomic E-state index is 11.6. The van der Waals surface area contributed by atoms with Gasteiger partial charge in [0.15, 0.2) is 5.96 Å². The highest BCUT2D eigenvalue weighted by atomic mass is 127. The molecule has 2 fully saturated rings. The molecule has 0 bridgehead atoms. The number of aliphatic imine (C=N–C) groups is 1. The highest BCUT2D eigenvalue weighted by molar-refractivity contribution is 14.0. The molecule has 2 saturated heterocycles. The van der Waals surface area contributed by atoms with E-state index in [-0.39, 0.29) is 24.0 Å².